The topological polar surface area (TPSA) is 50.8 Å². The number of benzene rings is 5. The normalized spacial score (nSPS) is 16.3. The summed E-state index contributed by atoms with van der Waals surface area (Å²) in [4.78, 5) is 15.8. The highest BCUT2D eigenvalue weighted by atomic mass is 16.6. The molecule has 0 saturated heterocycles. The lowest BCUT2D eigenvalue weighted by molar-refractivity contribution is 0.0226. The quantitative estimate of drug-likeness (QED) is 0.227. The van der Waals surface area contributed by atoms with E-state index in [1.54, 1.807) is 0 Å². The van der Waals surface area contributed by atoms with Gasteiger partial charge in [-0.05, 0) is 68.8 Å². The molecule has 7 rings (SSSR count). The van der Waals surface area contributed by atoms with Crippen LogP contribution in [0.5, 0.6) is 11.5 Å². The van der Waals surface area contributed by atoms with Crippen LogP contribution in [0.15, 0.2) is 109 Å². The van der Waals surface area contributed by atoms with Gasteiger partial charge in [-0.3, -0.25) is 0 Å². The molecule has 0 fully saturated rings. The summed E-state index contributed by atoms with van der Waals surface area (Å²) < 4.78 is 13.2. The summed E-state index contributed by atoms with van der Waals surface area (Å²) in [6, 6.07) is 36.3. The maximum Gasteiger partial charge on any atom is 0.340 e. The number of carbonyl (C=O) groups excluding carboxylic acids is 1. The number of hydrogen-bond donors (Lipinski definition) is 1. The first-order chi connectivity index (χ1) is 20.0. The fourth-order valence-electron chi connectivity index (χ4n) is 6.18. The van der Waals surface area contributed by atoms with Crippen molar-refractivity contribution in [2.75, 3.05) is 16.8 Å². The van der Waals surface area contributed by atoms with E-state index in [-0.39, 0.29) is 5.97 Å². The van der Waals surface area contributed by atoms with Crippen LogP contribution in [0.4, 0.5) is 22.7 Å². The van der Waals surface area contributed by atoms with Gasteiger partial charge in [-0.1, -0.05) is 72.3 Å². The number of fused-ring (bicyclic) bond motifs is 6. The molecule has 2 heterocycles. The van der Waals surface area contributed by atoms with Crippen molar-refractivity contribution < 1.29 is 14.3 Å². The van der Waals surface area contributed by atoms with Crippen LogP contribution in [-0.4, -0.2) is 12.5 Å². The third kappa shape index (κ3) is 3.80. The molecule has 1 unspecified atom stereocenters. The monoisotopic (exact) mass is 538 g/mol. The second-order valence-corrected chi connectivity index (χ2v) is 10.6. The van der Waals surface area contributed by atoms with Gasteiger partial charge in [0.2, 0.25) is 0 Å². The highest BCUT2D eigenvalue weighted by Crippen LogP contribution is 2.61. The largest absolute Gasteiger partial charge is 0.456 e. The summed E-state index contributed by atoms with van der Waals surface area (Å²) in [6.07, 6.45) is 0. The summed E-state index contributed by atoms with van der Waals surface area (Å²) in [5.74, 6) is 1.01. The molecular formula is C36H30N2O3. The summed E-state index contributed by atoms with van der Waals surface area (Å²) >= 11 is 0. The van der Waals surface area contributed by atoms with Crippen molar-refractivity contribution >= 4 is 28.7 Å². The van der Waals surface area contributed by atoms with E-state index in [2.05, 4.69) is 73.5 Å². The summed E-state index contributed by atoms with van der Waals surface area (Å²) in [6.45, 7) is 6.99. The van der Waals surface area contributed by atoms with Gasteiger partial charge in [0.1, 0.15) is 11.5 Å². The van der Waals surface area contributed by atoms with Crippen LogP contribution in [0.1, 0.15) is 45.1 Å². The average molecular weight is 539 g/mol. The average Bonchev–Trinajstić information content (AvgIpc) is 3.29. The molecule has 1 N–H and O–H groups in total. The van der Waals surface area contributed by atoms with E-state index in [1.165, 1.54) is 5.56 Å². The zero-order valence-corrected chi connectivity index (χ0v) is 23.3. The van der Waals surface area contributed by atoms with Gasteiger partial charge in [0.25, 0.3) is 0 Å². The Morgan fingerprint density at radius 2 is 1.46 bits per heavy atom. The van der Waals surface area contributed by atoms with Crippen LogP contribution in [0.2, 0.25) is 0 Å². The summed E-state index contributed by atoms with van der Waals surface area (Å²) in [7, 11) is 0. The van der Waals surface area contributed by atoms with Crippen LogP contribution < -0.4 is 15.0 Å². The van der Waals surface area contributed by atoms with Gasteiger partial charge in [-0.25, -0.2) is 4.79 Å². The van der Waals surface area contributed by atoms with E-state index in [0.717, 1.165) is 45.0 Å². The van der Waals surface area contributed by atoms with E-state index < -0.39 is 5.60 Å². The van der Waals surface area contributed by atoms with Crippen LogP contribution in [0, 0.1) is 13.8 Å². The SMILES string of the molecule is CCN(c1ccc(C)cc1)c1c(Nc2ccccc2)c(C)cc2c1C1(OC(=O)c3ccccc31)c1ccccc1O2. The molecule has 5 aromatic carbocycles. The Bertz CT molecular complexity index is 1800. The molecule has 5 aromatic rings. The second-order valence-electron chi connectivity index (χ2n) is 10.6. The molecule has 0 aromatic heterocycles. The third-order valence-electron chi connectivity index (χ3n) is 8.05. The van der Waals surface area contributed by atoms with Crippen LogP contribution in [-0.2, 0) is 10.3 Å². The van der Waals surface area contributed by atoms with Crippen molar-refractivity contribution in [3.05, 3.63) is 143 Å². The number of hydrogen-bond acceptors (Lipinski definition) is 5. The second kappa shape index (κ2) is 9.56. The molecule has 5 heteroatoms. The molecule has 202 valence electrons. The molecule has 0 amide bonds. The van der Waals surface area contributed by atoms with Gasteiger partial charge in [-0.15, -0.1) is 0 Å². The smallest absolute Gasteiger partial charge is 0.340 e. The van der Waals surface area contributed by atoms with Crippen LogP contribution in [0.25, 0.3) is 0 Å². The van der Waals surface area contributed by atoms with E-state index in [9.17, 15) is 4.79 Å². The number of aryl methyl sites for hydroxylation is 2. The molecule has 2 aliphatic heterocycles. The molecule has 41 heavy (non-hydrogen) atoms. The molecule has 5 nitrogen and oxygen atoms in total. The maximum absolute atomic E-state index is 13.6. The lowest BCUT2D eigenvalue weighted by atomic mass is 9.76. The lowest BCUT2D eigenvalue weighted by Gasteiger charge is -2.41. The minimum atomic E-state index is -1.19. The Kier molecular flexibility index (Phi) is 5.82. The number of carbonyl (C=O) groups is 1. The first kappa shape index (κ1) is 25.0. The molecule has 0 bridgehead atoms. The fraction of sp³-hybridized carbons (Fsp3) is 0.139. The van der Waals surface area contributed by atoms with Crippen molar-refractivity contribution in [1.29, 1.82) is 0 Å². The minimum absolute atomic E-state index is 0.342. The van der Waals surface area contributed by atoms with Gasteiger partial charge >= 0.3 is 5.97 Å². The zero-order chi connectivity index (χ0) is 28.1. The van der Waals surface area contributed by atoms with E-state index in [1.807, 2.05) is 66.7 Å². The molecule has 1 atom stereocenters. The van der Waals surface area contributed by atoms with E-state index >= 15 is 0 Å². The Labute approximate surface area is 240 Å². The molecule has 1 spiro atoms. The van der Waals surface area contributed by atoms with Crippen molar-refractivity contribution in [3.8, 4) is 11.5 Å². The number of esters is 1. The van der Waals surface area contributed by atoms with Gasteiger partial charge in [0.05, 0.1) is 22.5 Å². The van der Waals surface area contributed by atoms with E-state index in [4.69, 9.17) is 9.47 Å². The van der Waals surface area contributed by atoms with Crippen LogP contribution >= 0.6 is 0 Å². The van der Waals surface area contributed by atoms with Gasteiger partial charge in [0.15, 0.2) is 5.60 Å². The Balaban J connectivity index is 1.60. The van der Waals surface area contributed by atoms with Crippen LogP contribution in [0.3, 0.4) is 0 Å². The summed E-state index contributed by atoms with van der Waals surface area (Å²) in [5.41, 5.74) is 7.85. The molecule has 0 radical (unpaired) electrons. The predicted octanol–water partition coefficient (Wildman–Crippen LogP) is 8.77. The van der Waals surface area contributed by atoms with Crippen molar-refractivity contribution in [3.63, 3.8) is 0 Å². The predicted molar refractivity (Wildman–Crippen MR) is 163 cm³/mol. The van der Waals surface area contributed by atoms with E-state index in [0.29, 0.717) is 23.6 Å². The molecular weight excluding hydrogens is 508 g/mol. The Morgan fingerprint density at radius 1 is 0.780 bits per heavy atom. The Hall–Kier alpha value is -5.03. The number of para-hydroxylation sites is 2. The zero-order valence-electron chi connectivity index (χ0n) is 23.3. The highest BCUT2D eigenvalue weighted by Gasteiger charge is 2.55. The van der Waals surface area contributed by atoms with Crippen molar-refractivity contribution in [2.24, 2.45) is 0 Å². The van der Waals surface area contributed by atoms with Crippen molar-refractivity contribution in [2.45, 2.75) is 26.4 Å². The Morgan fingerprint density at radius 3 is 2.22 bits per heavy atom. The maximum atomic E-state index is 13.6. The number of nitrogens with zero attached hydrogens (tertiary/aromatic N) is 1. The summed E-state index contributed by atoms with van der Waals surface area (Å²) in [5, 5.41) is 3.71. The third-order valence-corrected chi connectivity index (χ3v) is 8.05. The first-order valence-electron chi connectivity index (χ1n) is 14.0. The van der Waals surface area contributed by atoms with Gasteiger partial charge in [0, 0.05) is 29.0 Å². The number of anilines is 4. The first-order valence-corrected chi connectivity index (χ1v) is 14.0. The van der Waals surface area contributed by atoms with Gasteiger partial charge in [-0.2, -0.15) is 0 Å². The van der Waals surface area contributed by atoms with Gasteiger partial charge < -0.3 is 19.7 Å². The number of ether oxygens (including phenoxy) is 2. The molecule has 2 aliphatic rings. The van der Waals surface area contributed by atoms with Crippen molar-refractivity contribution in [1.82, 2.24) is 0 Å². The minimum Gasteiger partial charge on any atom is -0.456 e. The highest BCUT2D eigenvalue weighted by molar-refractivity contribution is 5.99. The fourth-order valence-corrected chi connectivity index (χ4v) is 6.18. The molecule has 0 saturated carbocycles. The standard InChI is InChI=1S/C36H30N2O3/c1-4-38(26-20-18-23(2)19-21-26)34-32-31(22-24(3)33(34)37-25-12-6-5-7-13-25)40-30-17-11-10-16-29(30)36(32)28-15-9-8-14-27(28)35(39)41-36/h5-22,37H,4H2,1-3H3. The number of rotatable bonds is 5. The lowest BCUT2D eigenvalue weighted by Crippen LogP contribution is -2.36. The molecule has 0 aliphatic carbocycles. The number of nitrogens with one attached hydrogen (secondary N) is 1.